The molecule has 1 N–H and O–H groups in total. The molecule has 1 aliphatic rings. The number of hydrogen-bond acceptors (Lipinski definition) is 8. The topological polar surface area (TPSA) is 111 Å². The maximum Gasteiger partial charge on any atom is 0.328 e. The zero-order valence-electron chi connectivity index (χ0n) is 17.4. The lowest BCUT2D eigenvalue weighted by Crippen LogP contribution is -2.50. The summed E-state index contributed by atoms with van der Waals surface area (Å²) in [5, 5.41) is 3.69. The van der Waals surface area contributed by atoms with Crippen molar-refractivity contribution in [3.8, 4) is 0 Å². The molecule has 0 radical (unpaired) electrons. The van der Waals surface area contributed by atoms with E-state index in [1.165, 1.54) is 14.2 Å². The largest absolute Gasteiger partial charge is 0.469 e. The van der Waals surface area contributed by atoms with Gasteiger partial charge in [-0.15, -0.1) is 0 Å². The number of anilines is 1. The summed E-state index contributed by atoms with van der Waals surface area (Å²) in [7, 11) is 2.52. The molecule has 0 bridgehead atoms. The van der Waals surface area contributed by atoms with Gasteiger partial charge in [0.25, 0.3) is 0 Å². The first-order valence-electron chi connectivity index (χ1n) is 9.89. The van der Waals surface area contributed by atoms with Crippen LogP contribution in [0.4, 0.5) is 5.95 Å². The molecule has 1 fully saturated rings. The number of hydrogen-bond donors (Lipinski definition) is 1. The number of rotatable bonds is 7. The highest BCUT2D eigenvalue weighted by Gasteiger charge is 2.35. The Balaban J connectivity index is 1.77. The Morgan fingerprint density at radius 2 is 1.97 bits per heavy atom. The second kappa shape index (κ2) is 9.51. The summed E-state index contributed by atoms with van der Waals surface area (Å²) in [6.45, 7) is 2.56. The van der Waals surface area contributed by atoms with Gasteiger partial charge in [0.2, 0.25) is 11.9 Å². The van der Waals surface area contributed by atoms with Crippen molar-refractivity contribution < 1.29 is 23.9 Å². The summed E-state index contributed by atoms with van der Waals surface area (Å²) >= 11 is 0. The molecule has 1 aromatic carbocycles. The number of esters is 2. The van der Waals surface area contributed by atoms with Gasteiger partial charge in [-0.1, -0.05) is 18.2 Å². The molecule has 2 heterocycles. The SMILES string of the molecule is COC(=O)CC[C@H](NC(=O)[C@@H]1CCCN1c1nc(C)c2ccccc2n1)C(=O)OC. The molecule has 9 nitrogen and oxygen atoms in total. The molecule has 160 valence electrons. The Morgan fingerprint density at radius 3 is 2.70 bits per heavy atom. The summed E-state index contributed by atoms with van der Waals surface area (Å²) in [6.07, 6.45) is 1.52. The lowest BCUT2D eigenvalue weighted by molar-refractivity contribution is -0.146. The number of carbonyl (C=O) groups excluding carboxylic acids is 3. The Hall–Kier alpha value is -3.23. The Bertz CT molecular complexity index is 948. The van der Waals surface area contributed by atoms with Gasteiger partial charge in [-0.2, -0.15) is 0 Å². The quantitative estimate of drug-likeness (QED) is 0.679. The molecule has 0 spiro atoms. The van der Waals surface area contributed by atoms with Crippen LogP contribution in [0.2, 0.25) is 0 Å². The van der Waals surface area contributed by atoms with Crippen LogP contribution in [0.1, 0.15) is 31.4 Å². The van der Waals surface area contributed by atoms with Gasteiger partial charge in [-0.3, -0.25) is 9.59 Å². The third-order valence-corrected chi connectivity index (χ3v) is 5.26. The number of para-hydroxylation sites is 1. The first-order chi connectivity index (χ1) is 14.4. The first-order valence-corrected chi connectivity index (χ1v) is 9.89. The van der Waals surface area contributed by atoms with Gasteiger partial charge >= 0.3 is 11.9 Å². The van der Waals surface area contributed by atoms with Gasteiger partial charge in [0.15, 0.2) is 0 Å². The number of aromatic nitrogens is 2. The van der Waals surface area contributed by atoms with Crippen molar-refractivity contribution >= 4 is 34.7 Å². The lowest BCUT2D eigenvalue weighted by Gasteiger charge is -2.26. The van der Waals surface area contributed by atoms with Gasteiger partial charge in [-0.05, 0) is 32.3 Å². The summed E-state index contributed by atoms with van der Waals surface area (Å²) in [5.41, 5.74) is 1.66. The minimum absolute atomic E-state index is 0.00208. The van der Waals surface area contributed by atoms with Crippen molar-refractivity contribution in [2.75, 3.05) is 25.7 Å². The van der Waals surface area contributed by atoms with Gasteiger partial charge in [-0.25, -0.2) is 14.8 Å². The zero-order chi connectivity index (χ0) is 21.7. The van der Waals surface area contributed by atoms with E-state index in [-0.39, 0.29) is 18.7 Å². The number of methoxy groups -OCH3 is 2. The first kappa shape index (κ1) is 21.5. The number of ether oxygens (including phenoxy) is 2. The highest BCUT2D eigenvalue weighted by molar-refractivity contribution is 5.90. The molecule has 1 amide bonds. The number of carbonyl (C=O) groups is 3. The highest BCUT2D eigenvalue weighted by atomic mass is 16.5. The second-order valence-corrected chi connectivity index (χ2v) is 7.18. The minimum Gasteiger partial charge on any atom is -0.469 e. The van der Waals surface area contributed by atoms with Crippen molar-refractivity contribution in [2.24, 2.45) is 0 Å². The standard InChI is InChI=1S/C21H26N4O5/c1-13-14-7-4-5-8-15(14)24-21(22-13)25-12-6-9-17(25)19(27)23-16(20(28)30-3)10-11-18(26)29-2/h4-5,7-8,16-17H,6,9-12H2,1-3H3,(H,23,27)/t16-,17-/m0/s1. The van der Waals surface area contributed by atoms with Crippen LogP contribution in [0.15, 0.2) is 24.3 Å². The van der Waals surface area contributed by atoms with Crippen molar-refractivity contribution in [3.63, 3.8) is 0 Å². The van der Waals surface area contributed by atoms with E-state index < -0.39 is 24.0 Å². The van der Waals surface area contributed by atoms with Crippen LogP contribution in [-0.2, 0) is 23.9 Å². The molecular weight excluding hydrogens is 388 g/mol. The fourth-order valence-electron chi connectivity index (χ4n) is 3.65. The van der Waals surface area contributed by atoms with Crippen molar-refractivity contribution in [2.45, 2.75) is 44.7 Å². The van der Waals surface area contributed by atoms with Crippen LogP contribution in [0.25, 0.3) is 10.9 Å². The van der Waals surface area contributed by atoms with Crippen molar-refractivity contribution in [1.82, 2.24) is 15.3 Å². The van der Waals surface area contributed by atoms with Crippen LogP contribution < -0.4 is 10.2 Å². The molecule has 0 aliphatic carbocycles. The van der Waals surface area contributed by atoms with E-state index in [4.69, 9.17) is 4.74 Å². The molecule has 1 aromatic heterocycles. The third kappa shape index (κ3) is 4.67. The molecule has 2 atom stereocenters. The number of nitrogens with one attached hydrogen (secondary N) is 1. The van der Waals surface area contributed by atoms with Crippen molar-refractivity contribution in [1.29, 1.82) is 0 Å². The van der Waals surface area contributed by atoms with Gasteiger partial charge < -0.3 is 19.7 Å². The zero-order valence-corrected chi connectivity index (χ0v) is 17.4. The molecular formula is C21H26N4O5. The molecule has 0 unspecified atom stereocenters. The second-order valence-electron chi connectivity index (χ2n) is 7.18. The summed E-state index contributed by atoms with van der Waals surface area (Å²) in [6, 6.07) is 6.30. The Kier molecular flexibility index (Phi) is 6.81. The molecule has 9 heteroatoms. The minimum atomic E-state index is -0.927. The van der Waals surface area contributed by atoms with E-state index >= 15 is 0 Å². The summed E-state index contributed by atoms with van der Waals surface area (Å²) in [4.78, 5) is 47.6. The lowest BCUT2D eigenvalue weighted by atomic mass is 10.1. The van der Waals surface area contributed by atoms with Crippen molar-refractivity contribution in [3.05, 3.63) is 30.0 Å². The summed E-state index contributed by atoms with van der Waals surface area (Å²) < 4.78 is 9.38. The molecule has 1 saturated heterocycles. The highest BCUT2D eigenvalue weighted by Crippen LogP contribution is 2.26. The van der Waals surface area contributed by atoms with E-state index in [1.54, 1.807) is 0 Å². The van der Waals surface area contributed by atoms with Crippen LogP contribution in [0.3, 0.4) is 0 Å². The van der Waals surface area contributed by atoms with Crippen LogP contribution in [-0.4, -0.2) is 60.7 Å². The van der Waals surface area contributed by atoms with Gasteiger partial charge in [0.1, 0.15) is 12.1 Å². The van der Waals surface area contributed by atoms with Gasteiger partial charge in [0, 0.05) is 18.4 Å². The molecule has 2 aromatic rings. The Morgan fingerprint density at radius 1 is 1.20 bits per heavy atom. The maximum absolute atomic E-state index is 13.0. The fourth-order valence-corrected chi connectivity index (χ4v) is 3.65. The van der Waals surface area contributed by atoms with Crippen LogP contribution >= 0.6 is 0 Å². The third-order valence-electron chi connectivity index (χ3n) is 5.26. The maximum atomic E-state index is 13.0. The normalized spacial score (nSPS) is 16.9. The predicted octanol–water partition coefficient (Wildman–Crippen LogP) is 1.52. The van der Waals surface area contributed by atoms with E-state index in [2.05, 4.69) is 20.0 Å². The molecule has 3 rings (SSSR count). The van der Waals surface area contributed by atoms with E-state index in [1.807, 2.05) is 36.1 Å². The smallest absolute Gasteiger partial charge is 0.328 e. The number of amides is 1. The van der Waals surface area contributed by atoms with Crippen LogP contribution in [0.5, 0.6) is 0 Å². The van der Waals surface area contributed by atoms with E-state index in [0.717, 1.165) is 23.0 Å². The monoisotopic (exact) mass is 414 g/mol. The Labute approximate surface area is 174 Å². The number of benzene rings is 1. The number of nitrogens with zero attached hydrogens (tertiary/aromatic N) is 3. The average Bonchev–Trinajstić information content (AvgIpc) is 3.25. The molecule has 0 saturated carbocycles. The number of aryl methyl sites for hydroxylation is 1. The summed E-state index contributed by atoms with van der Waals surface area (Å²) in [5.74, 6) is -0.884. The van der Waals surface area contributed by atoms with E-state index in [0.29, 0.717) is 18.9 Å². The van der Waals surface area contributed by atoms with E-state index in [9.17, 15) is 14.4 Å². The van der Waals surface area contributed by atoms with Gasteiger partial charge in [0.05, 0.1) is 25.4 Å². The van der Waals surface area contributed by atoms with Crippen LogP contribution in [0, 0.1) is 6.92 Å². The molecule has 1 aliphatic heterocycles. The fraction of sp³-hybridized carbons (Fsp3) is 0.476. The predicted molar refractivity (Wildman–Crippen MR) is 110 cm³/mol. The number of fused-ring (bicyclic) bond motifs is 1. The average molecular weight is 414 g/mol. The molecule has 30 heavy (non-hydrogen) atoms.